The van der Waals surface area contributed by atoms with Gasteiger partial charge in [-0.15, -0.1) is 0 Å². The zero-order valence-electron chi connectivity index (χ0n) is 12.3. The van der Waals surface area contributed by atoms with Crippen LogP contribution < -0.4 is 9.47 Å². The molecule has 0 unspecified atom stereocenters. The van der Waals surface area contributed by atoms with Gasteiger partial charge in [-0.3, -0.25) is 0 Å². The Bertz CT molecular complexity index is 721. The number of carbonyl (C=O) groups is 1. The van der Waals surface area contributed by atoms with E-state index in [0.717, 1.165) is 6.08 Å². The summed E-state index contributed by atoms with van der Waals surface area (Å²) in [6, 6.07) is 10.4. The number of aliphatic carboxylic acids is 1. The Kier molecular flexibility index (Phi) is 5.90. The van der Waals surface area contributed by atoms with Gasteiger partial charge in [-0.1, -0.05) is 35.3 Å². The normalized spacial score (nSPS) is 10.7. The third-order valence-electron chi connectivity index (χ3n) is 3.04. The molecule has 0 aliphatic heterocycles. The molecule has 6 heteroatoms. The molecule has 0 radical (unpaired) electrons. The van der Waals surface area contributed by atoms with Crippen LogP contribution in [0.2, 0.25) is 10.0 Å². The van der Waals surface area contributed by atoms with Gasteiger partial charge in [-0.2, -0.15) is 0 Å². The molecule has 4 nitrogen and oxygen atoms in total. The second-order valence-electron chi connectivity index (χ2n) is 4.57. The summed E-state index contributed by atoms with van der Waals surface area (Å²) in [5.41, 5.74) is 1.38. The first-order valence-electron chi connectivity index (χ1n) is 6.66. The van der Waals surface area contributed by atoms with Gasteiger partial charge >= 0.3 is 5.97 Å². The van der Waals surface area contributed by atoms with E-state index in [1.165, 1.54) is 13.2 Å². The van der Waals surface area contributed by atoms with E-state index in [0.29, 0.717) is 32.7 Å². The molecule has 2 aromatic rings. The Labute approximate surface area is 143 Å². The number of carboxylic acids is 1. The van der Waals surface area contributed by atoms with E-state index in [-0.39, 0.29) is 6.61 Å². The molecule has 0 atom stereocenters. The zero-order chi connectivity index (χ0) is 16.8. The number of halogens is 2. The summed E-state index contributed by atoms with van der Waals surface area (Å²) in [6.45, 7) is 0.194. The van der Waals surface area contributed by atoms with Crippen molar-refractivity contribution >= 4 is 35.2 Å². The highest BCUT2D eigenvalue weighted by molar-refractivity contribution is 6.35. The first-order chi connectivity index (χ1) is 11.0. The summed E-state index contributed by atoms with van der Waals surface area (Å²) in [5, 5.41) is 9.70. The second-order valence-corrected chi connectivity index (χ2v) is 5.39. The number of benzene rings is 2. The van der Waals surface area contributed by atoms with Gasteiger partial charge in [0.15, 0.2) is 11.5 Å². The maximum Gasteiger partial charge on any atom is 0.328 e. The molecule has 2 aromatic carbocycles. The van der Waals surface area contributed by atoms with Crippen molar-refractivity contribution in [1.29, 1.82) is 0 Å². The van der Waals surface area contributed by atoms with Crippen LogP contribution in [0.1, 0.15) is 11.1 Å². The van der Waals surface area contributed by atoms with E-state index in [1.807, 2.05) is 0 Å². The van der Waals surface area contributed by atoms with Gasteiger partial charge < -0.3 is 14.6 Å². The quantitative estimate of drug-likeness (QED) is 0.767. The predicted molar refractivity (Wildman–Crippen MR) is 90.5 cm³/mol. The standard InChI is InChI=1S/C17H14Cl2O4/c1-22-16-9-11(6-8-17(20)21)5-7-15(16)23-10-12-13(18)3-2-4-14(12)19/h2-9H,10H2,1H3,(H,20,21). The Morgan fingerprint density at radius 3 is 2.48 bits per heavy atom. The van der Waals surface area contributed by atoms with Gasteiger partial charge in [0.25, 0.3) is 0 Å². The average molecular weight is 353 g/mol. The first kappa shape index (κ1) is 17.2. The van der Waals surface area contributed by atoms with Crippen LogP contribution in [-0.2, 0) is 11.4 Å². The highest BCUT2D eigenvalue weighted by Crippen LogP contribution is 2.31. The fourth-order valence-electron chi connectivity index (χ4n) is 1.89. The lowest BCUT2D eigenvalue weighted by Gasteiger charge is -2.13. The van der Waals surface area contributed by atoms with Gasteiger partial charge in [0, 0.05) is 21.7 Å². The van der Waals surface area contributed by atoms with Crippen molar-refractivity contribution < 1.29 is 19.4 Å². The fraction of sp³-hybridized carbons (Fsp3) is 0.118. The van der Waals surface area contributed by atoms with E-state index >= 15 is 0 Å². The van der Waals surface area contributed by atoms with Crippen LogP contribution in [0.25, 0.3) is 6.08 Å². The fourth-order valence-corrected chi connectivity index (χ4v) is 2.40. The minimum atomic E-state index is -1.02. The summed E-state index contributed by atoms with van der Waals surface area (Å²) in [4.78, 5) is 10.5. The largest absolute Gasteiger partial charge is 0.493 e. The maximum absolute atomic E-state index is 10.5. The third kappa shape index (κ3) is 4.65. The van der Waals surface area contributed by atoms with Gasteiger partial charge in [0.2, 0.25) is 0 Å². The molecule has 0 amide bonds. The highest BCUT2D eigenvalue weighted by Gasteiger charge is 2.09. The monoisotopic (exact) mass is 352 g/mol. The minimum absolute atomic E-state index is 0.194. The average Bonchev–Trinajstić information content (AvgIpc) is 2.53. The van der Waals surface area contributed by atoms with E-state index in [1.54, 1.807) is 36.4 Å². The van der Waals surface area contributed by atoms with Crippen molar-refractivity contribution in [3.63, 3.8) is 0 Å². The number of hydrogen-bond donors (Lipinski definition) is 1. The molecule has 23 heavy (non-hydrogen) atoms. The molecule has 0 fully saturated rings. The van der Waals surface area contributed by atoms with E-state index in [4.69, 9.17) is 37.8 Å². The van der Waals surface area contributed by atoms with Crippen molar-refractivity contribution in [3.8, 4) is 11.5 Å². The van der Waals surface area contributed by atoms with Crippen LogP contribution in [0.4, 0.5) is 0 Å². The summed E-state index contributed by atoms with van der Waals surface area (Å²) >= 11 is 12.2. The van der Waals surface area contributed by atoms with Gasteiger partial charge in [-0.25, -0.2) is 4.79 Å². The summed E-state index contributed by atoms with van der Waals surface area (Å²) in [6.07, 6.45) is 2.53. The molecule has 0 aliphatic carbocycles. The SMILES string of the molecule is COc1cc(C=CC(=O)O)ccc1OCc1c(Cl)cccc1Cl. The second kappa shape index (κ2) is 7.90. The lowest BCUT2D eigenvalue weighted by Crippen LogP contribution is -1.99. The van der Waals surface area contributed by atoms with Gasteiger partial charge in [0.1, 0.15) is 6.61 Å². The smallest absolute Gasteiger partial charge is 0.328 e. The Morgan fingerprint density at radius 2 is 1.87 bits per heavy atom. The molecule has 0 bridgehead atoms. The molecule has 0 heterocycles. The molecule has 0 aromatic heterocycles. The molecule has 0 spiro atoms. The van der Waals surface area contributed by atoms with Crippen molar-refractivity contribution in [2.45, 2.75) is 6.61 Å². The highest BCUT2D eigenvalue weighted by atomic mass is 35.5. The van der Waals surface area contributed by atoms with Crippen molar-refractivity contribution in [2.24, 2.45) is 0 Å². The van der Waals surface area contributed by atoms with E-state index in [9.17, 15) is 4.79 Å². The van der Waals surface area contributed by atoms with Crippen LogP contribution in [-0.4, -0.2) is 18.2 Å². The zero-order valence-corrected chi connectivity index (χ0v) is 13.8. The molecular weight excluding hydrogens is 339 g/mol. The predicted octanol–water partition coefficient (Wildman–Crippen LogP) is 4.68. The lowest BCUT2D eigenvalue weighted by atomic mass is 10.2. The Morgan fingerprint density at radius 1 is 1.17 bits per heavy atom. The van der Waals surface area contributed by atoms with E-state index < -0.39 is 5.97 Å². The van der Waals surface area contributed by atoms with Crippen LogP contribution >= 0.6 is 23.2 Å². The molecule has 1 N–H and O–H groups in total. The van der Waals surface area contributed by atoms with Crippen LogP contribution in [0.15, 0.2) is 42.5 Å². The maximum atomic E-state index is 10.5. The van der Waals surface area contributed by atoms with Crippen LogP contribution in [0.3, 0.4) is 0 Å². The number of hydrogen-bond acceptors (Lipinski definition) is 3. The molecular formula is C17H14Cl2O4. The van der Waals surface area contributed by atoms with Crippen LogP contribution in [0.5, 0.6) is 11.5 Å². The van der Waals surface area contributed by atoms with Gasteiger partial charge in [-0.05, 0) is 35.9 Å². The van der Waals surface area contributed by atoms with Gasteiger partial charge in [0.05, 0.1) is 7.11 Å². The van der Waals surface area contributed by atoms with Crippen molar-refractivity contribution in [3.05, 3.63) is 63.6 Å². The Balaban J connectivity index is 2.18. The number of ether oxygens (including phenoxy) is 2. The van der Waals surface area contributed by atoms with E-state index in [2.05, 4.69) is 0 Å². The topological polar surface area (TPSA) is 55.8 Å². The molecule has 0 saturated heterocycles. The summed E-state index contributed by atoms with van der Waals surface area (Å²) in [7, 11) is 1.51. The minimum Gasteiger partial charge on any atom is -0.493 e. The third-order valence-corrected chi connectivity index (χ3v) is 3.75. The van der Waals surface area contributed by atoms with Crippen molar-refractivity contribution in [2.75, 3.05) is 7.11 Å². The number of methoxy groups -OCH3 is 1. The molecule has 0 saturated carbocycles. The summed E-state index contributed by atoms with van der Waals surface area (Å²) < 4.78 is 11.0. The summed E-state index contributed by atoms with van der Waals surface area (Å²) in [5.74, 6) is -0.0191. The number of carboxylic acid groups (broad SMARTS) is 1. The molecule has 0 aliphatic rings. The first-order valence-corrected chi connectivity index (χ1v) is 7.41. The Hall–Kier alpha value is -2.17. The lowest BCUT2D eigenvalue weighted by molar-refractivity contribution is -0.131. The van der Waals surface area contributed by atoms with Crippen LogP contribution in [0, 0.1) is 0 Å². The number of rotatable bonds is 6. The van der Waals surface area contributed by atoms with Crippen molar-refractivity contribution in [1.82, 2.24) is 0 Å². The molecule has 120 valence electrons. The molecule has 2 rings (SSSR count).